The Balaban J connectivity index is 2.88. The van der Waals surface area contributed by atoms with E-state index in [2.05, 4.69) is 10.3 Å². The molecule has 6 heteroatoms. The van der Waals surface area contributed by atoms with E-state index in [-0.39, 0.29) is 5.15 Å². The molecule has 2 N–H and O–H groups in total. The first kappa shape index (κ1) is 14.7. The van der Waals surface area contributed by atoms with Gasteiger partial charge in [0.05, 0.1) is 18.0 Å². The van der Waals surface area contributed by atoms with E-state index in [1.807, 2.05) is 0 Å². The Bertz CT molecular complexity index is 441. The van der Waals surface area contributed by atoms with Crippen LogP contribution in [-0.4, -0.2) is 21.8 Å². The number of nitrogens with one attached hydrogen (secondary N) is 1. The van der Waals surface area contributed by atoms with Crippen LogP contribution in [0.5, 0.6) is 0 Å². The first-order valence-corrected chi connectivity index (χ1v) is 5.90. The summed E-state index contributed by atoms with van der Waals surface area (Å²) in [6, 6.07) is 1.50. The first-order chi connectivity index (χ1) is 8.19. The van der Waals surface area contributed by atoms with Crippen LogP contribution in [0.2, 0.25) is 5.15 Å². The quantitative estimate of drug-likeness (QED) is 0.812. The van der Waals surface area contributed by atoms with Crippen molar-refractivity contribution in [2.75, 3.05) is 5.32 Å². The molecule has 0 fully saturated rings. The molecule has 0 bridgehead atoms. The van der Waals surface area contributed by atoms with Crippen molar-refractivity contribution in [3.63, 3.8) is 0 Å². The van der Waals surface area contributed by atoms with Crippen LogP contribution in [0.3, 0.4) is 0 Å². The molecule has 0 saturated heterocycles. The van der Waals surface area contributed by atoms with E-state index in [0.29, 0.717) is 11.3 Å². The minimum absolute atomic E-state index is 0.251. The second-order valence-electron chi connectivity index (χ2n) is 4.90. The van der Waals surface area contributed by atoms with Gasteiger partial charge in [-0.05, 0) is 33.8 Å². The van der Waals surface area contributed by atoms with E-state index in [4.69, 9.17) is 16.3 Å². The average Bonchev–Trinajstić information content (AvgIpc) is 2.17. The van der Waals surface area contributed by atoms with E-state index in [1.165, 1.54) is 12.3 Å². The lowest BCUT2D eigenvalue weighted by Crippen LogP contribution is -2.27. The van der Waals surface area contributed by atoms with Gasteiger partial charge in [0.1, 0.15) is 10.8 Å². The third-order valence-corrected chi connectivity index (χ3v) is 2.19. The van der Waals surface area contributed by atoms with Crippen LogP contribution in [-0.2, 0) is 4.74 Å². The average molecular weight is 273 g/mol. The van der Waals surface area contributed by atoms with Gasteiger partial charge in [0, 0.05) is 5.56 Å². The summed E-state index contributed by atoms with van der Waals surface area (Å²) in [4.78, 5) is 15.5. The van der Waals surface area contributed by atoms with Crippen molar-refractivity contribution in [3.8, 4) is 0 Å². The zero-order valence-electron chi connectivity index (χ0n) is 10.8. The molecule has 18 heavy (non-hydrogen) atoms. The molecule has 0 aromatic carbocycles. The number of aliphatic hydroxyl groups is 1. The molecule has 1 atom stereocenters. The van der Waals surface area contributed by atoms with Gasteiger partial charge in [-0.2, -0.15) is 0 Å². The highest BCUT2D eigenvalue weighted by atomic mass is 35.5. The van der Waals surface area contributed by atoms with E-state index in [1.54, 1.807) is 27.7 Å². The van der Waals surface area contributed by atoms with E-state index >= 15 is 0 Å². The second-order valence-corrected chi connectivity index (χ2v) is 5.28. The van der Waals surface area contributed by atoms with Gasteiger partial charge in [-0.25, -0.2) is 9.78 Å². The van der Waals surface area contributed by atoms with Crippen LogP contribution >= 0.6 is 11.6 Å². The molecule has 1 unspecified atom stereocenters. The molecule has 0 aliphatic carbocycles. The Morgan fingerprint density at radius 2 is 2.17 bits per heavy atom. The van der Waals surface area contributed by atoms with Gasteiger partial charge in [0.25, 0.3) is 0 Å². The van der Waals surface area contributed by atoms with Crippen molar-refractivity contribution in [3.05, 3.63) is 23.0 Å². The van der Waals surface area contributed by atoms with Crippen LogP contribution in [0.1, 0.15) is 39.4 Å². The first-order valence-electron chi connectivity index (χ1n) is 5.52. The van der Waals surface area contributed by atoms with Gasteiger partial charge < -0.3 is 9.84 Å². The monoisotopic (exact) mass is 272 g/mol. The molecule has 0 aliphatic heterocycles. The van der Waals surface area contributed by atoms with Crippen LogP contribution in [0.15, 0.2) is 12.3 Å². The normalized spacial score (nSPS) is 13.0. The number of ether oxygens (including phenoxy) is 1. The minimum atomic E-state index is -0.768. The van der Waals surface area contributed by atoms with Crippen LogP contribution < -0.4 is 5.32 Å². The molecule has 1 amide bonds. The van der Waals surface area contributed by atoms with Gasteiger partial charge in [-0.3, -0.25) is 5.32 Å². The Morgan fingerprint density at radius 1 is 1.56 bits per heavy atom. The van der Waals surface area contributed by atoms with Crippen molar-refractivity contribution >= 4 is 23.4 Å². The summed E-state index contributed by atoms with van der Waals surface area (Å²) in [5, 5.41) is 12.4. The summed E-state index contributed by atoms with van der Waals surface area (Å²) < 4.78 is 5.11. The lowest BCUT2D eigenvalue weighted by Gasteiger charge is -2.20. The Labute approximate surface area is 111 Å². The van der Waals surface area contributed by atoms with Gasteiger partial charge in [-0.15, -0.1) is 0 Å². The molecular formula is C12H17ClN2O3. The smallest absolute Gasteiger partial charge is 0.412 e. The van der Waals surface area contributed by atoms with Crippen molar-refractivity contribution < 1.29 is 14.6 Å². The highest BCUT2D eigenvalue weighted by Gasteiger charge is 2.18. The molecule has 1 heterocycles. The number of hydrogen-bond acceptors (Lipinski definition) is 4. The fourth-order valence-corrected chi connectivity index (χ4v) is 1.47. The lowest BCUT2D eigenvalue weighted by molar-refractivity contribution is 0.0635. The summed E-state index contributed by atoms with van der Waals surface area (Å²) in [6.07, 6.45) is 0.0119. The number of carbonyl (C=O) groups excluding carboxylic acids is 1. The van der Waals surface area contributed by atoms with Crippen molar-refractivity contribution in [1.82, 2.24) is 4.98 Å². The topological polar surface area (TPSA) is 71.5 Å². The summed E-state index contributed by atoms with van der Waals surface area (Å²) in [6.45, 7) is 6.87. The number of hydrogen-bond donors (Lipinski definition) is 2. The fourth-order valence-electron chi connectivity index (χ4n) is 1.31. The standard InChI is InChI=1S/C12H17ClN2O3/c1-7(16)8-5-10(13)14-6-9(8)15-11(17)18-12(2,3)4/h5-7,16H,1-4H3,(H,15,17). The summed E-state index contributed by atoms with van der Waals surface area (Å²) >= 11 is 5.74. The third kappa shape index (κ3) is 4.50. The predicted molar refractivity (Wildman–Crippen MR) is 69.7 cm³/mol. The lowest BCUT2D eigenvalue weighted by atomic mass is 10.1. The number of halogens is 1. The van der Waals surface area contributed by atoms with Gasteiger partial charge in [-0.1, -0.05) is 11.6 Å². The molecule has 100 valence electrons. The van der Waals surface area contributed by atoms with Gasteiger partial charge in [0.15, 0.2) is 0 Å². The van der Waals surface area contributed by atoms with Gasteiger partial charge in [0.2, 0.25) is 0 Å². The molecule has 0 radical (unpaired) electrons. The molecule has 1 aromatic heterocycles. The maximum absolute atomic E-state index is 11.6. The maximum Gasteiger partial charge on any atom is 0.412 e. The number of anilines is 1. The summed E-state index contributed by atoms with van der Waals surface area (Å²) in [5.74, 6) is 0. The van der Waals surface area contributed by atoms with Crippen molar-refractivity contribution in [2.45, 2.75) is 39.4 Å². The Morgan fingerprint density at radius 3 is 2.67 bits per heavy atom. The zero-order valence-corrected chi connectivity index (χ0v) is 11.6. The minimum Gasteiger partial charge on any atom is -0.444 e. The van der Waals surface area contributed by atoms with E-state index in [9.17, 15) is 9.90 Å². The highest BCUT2D eigenvalue weighted by Crippen LogP contribution is 2.25. The number of aromatic nitrogens is 1. The van der Waals surface area contributed by atoms with Crippen LogP contribution in [0, 0.1) is 0 Å². The largest absolute Gasteiger partial charge is 0.444 e. The molecule has 0 aliphatic rings. The summed E-state index contributed by atoms with van der Waals surface area (Å²) in [7, 11) is 0. The number of rotatable bonds is 2. The zero-order chi connectivity index (χ0) is 13.9. The van der Waals surface area contributed by atoms with E-state index in [0.717, 1.165) is 0 Å². The van der Waals surface area contributed by atoms with Crippen LogP contribution in [0.4, 0.5) is 10.5 Å². The molecule has 0 spiro atoms. The fraction of sp³-hybridized carbons (Fsp3) is 0.500. The highest BCUT2D eigenvalue weighted by molar-refractivity contribution is 6.29. The van der Waals surface area contributed by atoms with Crippen molar-refractivity contribution in [2.24, 2.45) is 0 Å². The molecule has 5 nitrogen and oxygen atoms in total. The predicted octanol–water partition coefficient (Wildman–Crippen LogP) is 3.14. The number of aliphatic hydroxyl groups excluding tert-OH is 1. The molecular weight excluding hydrogens is 256 g/mol. The maximum atomic E-state index is 11.6. The van der Waals surface area contributed by atoms with Crippen LogP contribution in [0.25, 0.3) is 0 Å². The molecule has 1 rings (SSSR count). The number of carbonyl (C=O) groups is 1. The number of nitrogens with zero attached hydrogens (tertiary/aromatic N) is 1. The summed E-state index contributed by atoms with van der Waals surface area (Å²) in [5.41, 5.74) is 0.277. The third-order valence-electron chi connectivity index (χ3n) is 1.99. The Kier molecular flexibility index (Phi) is 4.53. The molecule has 0 saturated carbocycles. The number of amides is 1. The molecule has 1 aromatic rings. The Hall–Kier alpha value is -1.33. The van der Waals surface area contributed by atoms with E-state index < -0.39 is 17.8 Å². The van der Waals surface area contributed by atoms with Gasteiger partial charge >= 0.3 is 6.09 Å². The number of pyridine rings is 1. The SMILES string of the molecule is CC(O)c1cc(Cl)ncc1NC(=O)OC(C)(C)C. The second kappa shape index (κ2) is 5.54. The van der Waals surface area contributed by atoms with Crippen molar-refractivity contribution in [1.29, 1.82) is 0 Å².